The fourth-order valence-corrected chi connectivity index (χ4v) is 4.76. The van der Waals surface area contributed by atoms with Gasteiger partial charge in [0.15, 0.2) is 5.65 Å². The number of nitrogens with zero attached hydrogens (tertiary/aromatic N) is 4. The molecule has 0 atom stereocenters. The lowest BCUT2D eigenvalue weighted by atomic mass is 9.98. The van der Waals surface area contributed by atoms with Gasteiger partial charge in [-0.25, -0.2) is 18.2 Å². The van der Waals surface area contributed by atoms with E-state index in [1.54, 1.807) is 6.92 Å². The first-order chi connectivity index (χ1) is 20.2. The Morgan fingerprint density at radius 1 is 0.952 bits per heavy atom. The van der Waals surface area contributed by atoms with Crippen molar-refractivity contribution in [3.8, 4) is 16.9 Å². The summed E-state index contributed by atoms with van der Waals surface area (Å²) in [4.78, 5) is 37.3. The number of nitrogens with one attached hydrogen (secondary N) is 2. The lowest BCUT2D eigenvalue weighted by Gasteiger charge is -2.18. The first-order valence-electron chi connectivity index (χ1n) is 14.1. The van der Waals surface area contributed by atoms with Gasteiger partial charge in [-0.3, -0.25) is 14.2 Å². The van der Waals surface area contributed by atoms with E-state index in [0.717, 1.165) is 54.9 Å². The Morgan fingerprint density at radius 3 is 2.33 bits per heavy atom. The fraction of sp³-hybridized carbons (Fsp3) is 0.355. The highest BCUT2D eigenvalue weighted by Crippen LogP contribution is 2.32. The highest BCUT2D eigenvalue weighted by Gasteiger charge is 2.22. The minimum Gasteiger partial charge on any atom is -0.354 e. The summed E-state index contributed by atoms with van der Waals surface area (Å²) in [7, 11) is 0. The number of aromatic nitrogens is 3. The number of hydrogen-bond acceptors (Lipinski definition) is 6. The van der Waals surface area contributed by atoms with Crippen LogP contribution in [-0.4, -0.2) is 58.1 Å². The van der Waals surface area contributed by atoms with E-state index in [0.29, 0.717) is 19.5 Å². The zero-order chi connectivity index (χ0) is 30.4. The van der Waals surface area contributed by atoms with Gasteiger partial charge in [-0.15, -0.1) is 0 Å². The quantitative estimate of drug-likeness (QED) is 0.216. The Balaban J connectivity index is 1.94. The zero-order valence-corrected chi connectivity index (χ0v) is 24.2. The van der Waals surface area contributed by atoms with Crippen molar-refractivity contribution in [3.63, 3.8) is 0 Å². The van der Waals surface area contributed by atoms with Crippen LogP contribution in [0.1, 0.15) is 49.5 Å². The number of para-hydroxylation sites is 1. The van der Waals surface area contributed by atoms with Gasteiger partial charge in [0.1, 0.15) is 23.1 Å². The lowest BCUT2D eigenvalue weighted by Crippen LogP contribution is -2.26. The third-order valence-electron chi connectivity index (χ3n) is 7.14. The molecule has 11 heteroatoms. The van der Waals surface area contributed by atoms with Gasteiger partial charge in [0.25, 0.3) is 11.5 Å². The van der Waals surface area contributed by atoms with Crippen molar-refractivity contribution >= 4 is 22.9 Å². The monoisotopic (exact) mass is 580 g/mol. The van der Waals surface area contributed by atoms with E-state index < -0.39 is 34.6 Å². The molecule has 222 valence electrons. The van der Waals surface area contributed by atoms with Crippen molar-refractivity contribution in [1.29, 1.82) is 0 Å². The van der Waals surface area contributed by atoms with E-state index in [1.807, 2.05) is 6.92 Å². The van der Waals surface area contributed by atoms with Crippen LogP contribution in [0.25, 0.3) is 28.0 Å². The molecule has 0 saturated heterocycles. The summed E-state index contributed by atoms with van der Waals surface area (Å²) < 4.78 is 46.0. The number of hydrogen-bond donors (Lipinski definition) is 2. The molecule has 2 heterocycles. The molecule has 4 aromatic rings. The molecule has 0 radical (unpaired) electrons. The summed E-state index contributed by atoms with van der Waals surface area (Å²) in [5, 5.41) is 6.14. The van der Waals surface area contributed by atoms with Crippen molar-refractivity contribution in [2.24, 2.45) is 0 Å². The Kier molecular flexibility index (Phi) is 9.95. The Bertz CT molecular complexity index is 1630. The third kappa shape index (κ3) is 6.46. The van der Waals surface area contributed by atoms with E-state index in [1.165, 1.54) is 18.2 Å². The van der Waals surface area contributed by atoms with Crippen molar-refractivity contribution in [1.82, 2.24) is 24.8 Å². The summed E-state index contributed by atoms with van der Waals surface area (Å²) in [6, 6.07) is 8.58. The number of carbonyl (C=O) groups is 1. The maximum absolute atomic E-state index is 15.2. The largest absolute Gasteiger partial charge is 0.354 e. The average molecular weight is 581 g/mol. The summed E-state index contributed by atoms with van der Waals surface area (Å²) in [5.74, 6) is -2.88. The van der Waals surface area contributed by atoms with Crippen molar-refractivity contribution in [2.45, 2.75) is 40.5 Å². The molecule has 0 saturated carbocycles. The molecule has 0 aliphatic rings. The van der Waals surface area contributed by atoms with Crippen LogP contribution in [0.2, 0.25) is 0 Å². The number of carbonyl (C=O) groups excluding carboxylic acids is 1. The maximum atomic E-state index is 15.2. The van der Waals surface area contributed by atoms with Crippen molar-refractivity contribution < 1.29 is 18.0 Å². The SMILES string of the molecule is CCCNC(=O)c1cc(F)c(C)c(-c2nc(NCCCN(CC)CC)nc3c2ccc(=O)n3-c2c(F)cccc2F)c1. The van der Waals surface area contributed by atoms with E-state index >= 15 is 4.39 Å². The smallest absolute Gasteiger partial charge is 0.256 e. The lowest BCUT2D eigenvalue weighted by molar-refractivity contribution is 0.0953. The first-order valence-corrected chi connectivity index (χ1v) is 14.1. The molecule has 0 aliphatic heterocycles. The highest BCUT2D eigenvalue weighted by atomic mass is 19.1. The van der Waals surface area contributed by atoms with Crippen LogP contribution in [0.3, 0.4) is 0 Å². The number of rotatable bonds is 12. The van der Waals surface area contributed by atoms with Gasteiger partial charge in [-0.1, -0.05) is 26.8 Å². The fourth-order valence-electron chi connectivity index (χ4n) is 4.76. The zero-order valence-electron chi connectivity index (χ0n) is 24.2. The molecular formula is C31H35F3N6O2. The topological polar surface area (TPSA) is 92.2 Å². The van der Waals surface area contributed by atoms with Crippen molar-refractivity contribution in [2.75, 3.05) is 38.0 Å². The number of halogens is 3. The van der Waals surface area contributed by atoms with Gasteiger partial charge in [-0.2, -0.15) is 4.98 Å². The van der Waals surface area contributed by atoms with Gasteiger partial charge in [-0.05, 0) is 75.3 Å². The van der Waals surface area contributed by atoms with Crippen LogP contribution in [0, 0.1) is 24.4 Å². The Hall–Kier alpha value is -4.25. The number of pyridine rings is 1. The molecule has 0 bridgehead atoms. The van der Waals surface area contributed by atoms with Gasteiger partial charge in [0.05, 0.1) is 5.69 Å². The van der Waals surface area contributed by atoms with Gasteiger partial charge < -0.3 is 15.5 Å². The van der Waals surface area contributed by atoms with Crippen LogP contribution in [0.4, 0.5) is 19.1 Å². The van der Waals surface area contributed by atoms with Crippen LogP contribution < -0.4 is 16.2 Å². The van der Waals surface area contributed by atoms with Crippen LogP contribution >= 0.6 is 0 Å². The molecule has 0 aliphatic carbocycles. The van der Waals surface area contributed by atoms with Gasteiger partial charge in [0.2, 0.25) is 5.95 Å². The van der Waals surface area contributed by atoms with Gasteiger partial charge >= 0.3 is 0 Å². The minimum absolute atomic E-state index is 0.0663. The van der Waals surface area contributed by atoms with E-state index in [9.17, 15) is 18.4 Å². The second-order valence-corrected chi connectivity index (χ2v) is 9.90. The number of benzene rings is 2. The van der Waals surface area contributed by atoms with Crippen molar-refractivity contribution in [3.05, 3.63) is 81.4 Å². The standard InChI is InChI=1S/C31H35F3N6O2/c1-5-14-35-30(42)20-17-22(19(4)25(34)18-20)27-21-12-13-26(41)40(28-23(32)10-8-11-24(28)33)29(21)38-31(37-27)36-15-9-16-39(6-2)7-3/h8,10-13,17-18H,5-7,9,14-16H2,1-4H3,(H,35,42)(H,36,37,38). The molecular weight excluding hydrogens is 545 g/mol. The molecule has 0 fully saturated rings. The van der Waals surface area contributed by atoms with Crippen LogP contribution in [0.15, 0.2) is 47.3 Å². The molecule has 2 N–H and O–H groups in total. The number of fused-ring (bicyclic) bond motifs is 1. The highest BCUT2D eigenvalue weighted by molar-refractivity contribution is 5.98. The summed E-state index contributed by atoms with van der Waals surface area (Å²) in [5.41, 5.74) is -0.559. The third-order valence-corrected chi connectivity index (χ3v) is 7.14. The first kappa shape index (κ1) is 30.7. The van der Waals surface area contributed by atoms with E-state index in [2.05, 4.69) is 39.3 Å². The summed E-state index contributed by atoms with van der Waals surface area (Å²) >= 11 is 0. The summed E-state index contributed by atoms with van der Waals surface area (Å²) in [6.07, 6.45) is 1.46. The number of anilines is 1. The Labute approximate surface area is 242 Å². The van der Waals surface area contributed by atoms with E-state index in [4.69, 9.17) is 0 Å². The molecule has 42 heavy (non-hydrogen) atoms. The molecule has 2 aromatic heterocycles. The second-order valence-electron chi connectivity index (χ2n) is 9.90. The molecule has 0 spiro atoms. The minimum atomic E-state index is -0.949. The molecule has 1 amide bonds. The average Bonchev–Trinajstić information content (AvgIpc) is 2.97. The number of amides is 1. The predicted molar refractivity (Wildman–Crippen MR) is 159 cm³/mol. The second kappa shape index (κ2) is 13.6. The van der Waals surface area contributed by atoms with E-state index in [-0.39, 0.29) is 39.4 Å². The van der Waals surface area contributed by atoms with Crippen LogP contribution in [0.5, 0.6) is 0 Å². The molecule has 2 aromatic carbocycles. The normalized spacial score (nSPS) is 11.3. The van der Waals surface area contributed by atoms with Gasteiger partial charge in [0, 0.05) is 35.7 Å². The van der Waals surface area contributed by atoms with Crippen LogP contribution in [-0.2, 0) is 0 Å². The maximum Gasteiger partial charge on any atom is 0.256 e. The Morgan fingerprint density at radius 2 is 1.67 bits per heavy atom. The molecule has 8 nitrogen and oxygen atoms in total. The predicted octanol–water partition coefficient (Wildman–Crippen LogP) is 5.46. The summed E-state index contributed by atoms with van der Waals surface area (Å²) in [6.45, 7) is 11.1. The molecule has 0 unspecified atom stereocenters. The molecule has 4 rings (SSSR count).